The first-order valence-electron chi connectivity index (χ1n) is 6.86. The highest BCUT2D eigenvalue weighted by Crippen LogP contribution is 2.19. The maximum Gasteiger partial charge on any atom is 0.253 e. The number of nitrogens with zero attached hydrogens (tertiary/aromatic N) is 1. The van der Waals surface area contributed by atoms with E-state index in [4.69, 9.17) is 11.6 Å². The van der Waals surface area contributed by atoms with E-state index < -0.39 is 0 Å². The molecule has 2 N–H and O–H groups in total. The van der Waals surface area contributed by atoms with E-state index in [9.17, 15) is 4.79 Å². The van der Waals surface area contributed by atoms with E-state index in [2.05, 4.69) is 15.6 Å². The van der Waals surface area contributed by atoms with Crippen molar-refractivity contribution < 1.29 is 4.79 Å². The lowest BCUT2D eigenvalue weighted by molar-refractivity contribution is 0.0940. The molecule has 4 nitrogen and oxygen atoms in total. The number of aromatic nitrogens is 1. The van der Waals surface area contributed by atoms with Crippen molar-refractivity contribution in [1.82, 2.24) is 10.3 Å². The molecule has 21 heavy (non-hydrogen) atoms. The van der Waals surface area contributed by atoms with Gasteiger partial charge in [0.2, 0.25) is 0 Å². The van der Waals surface area contributed by atoms with Crippen molar-refractivity contribution in [3.63, 3.8) is 0 Å². The molecule has 0 aliphatic carbocycles. The van der Waals surface area contributed by atoms with Crippen LogP contribution in [-0.4, -0.2) is 17.4 Å². The van der Waals surface area contributed by atoms with Gasteiger partial charge in [-0.3, -0.25) is 9.78 Å². The Bertz CT molecular complexity index is 630. The molecule has 5 heteroatoms. The summed E-state index contributed by atoms with van der Waals surface area (Å²) in [6.45, 7) is 4.64. The van der Waals surface area contributed by atoms with Gasteiger partial charge in [-0.15, -0.1) is 0 Å². The van der Waals surface area contributed by atoms with Crippen LogP contribution in [0.3, 0.4) is 0 Å². The van der Waals surface area contributed by atoms with Crippen molar-refractivity contribution in [2.24, 2.45) is 0 Å². The Balaban J connectivity index is 2.14. The van der Waals surface area contributed by atoms with Gasteiger partial charge in [0.1, 0.15) is 0 Å². The van der Waals surface area contributed by atoms with E-state index >= 15 is 0 Å². The quantitative estimate of drug-likeness (QED) is 0.886. The zero-order valence-electron chi connectivity index (χ0n) is 12.1. The van der Waals surface area contributed by atoms with Crippen molar-refractivity contribution in [1.29, 1.82) is 0 Å². The van der Waals surface area contributed by atoms with Crippen molar-refractivity contribution in [3.05, 3.63) is 58.9 Å². The van der Waals surface area contributed by atoms with Crippen LogP contribution in [0.4, 0.5) is 5.69 Å². The average molecular weight is 304 g/mol. The highest BCUT2D eigenvalue weighted by atomic mass is 35.5. The summed E-state index contributed by atoms with van der Waals surface area (Å²) < 4.78 is 0. The standard InChI is InChI=1S/C16H18ClN3O/c1-3-19-15-10-18-8-7-14(15)16(21)20-11(2)12-5-4-6-13(17)9-12/h4-11,19H,3H2,1-2H3,(H,20,21). The second-order valence-electron chi connectivity index (χ2n) is 4.70. The third-order valence-electron chi connectivity index (χ3n) is 3.13. The van der Waals surface area contributed by atoms with Crippen molar-refractivity contribution in [3.8, 4) is 0 Å². The lowest BCUT2D eigenvalue weighted by Gasteiger charge is -2.16. The van der Waals surface area contributed by atoms with E-state index in [1.165, 1.54) is 0 Å². The summed E-state index contributed by atoms with van der Waals surface area (Å²) in [5.74, 6) is -0.138. The van der Waals surface area contributed by atoms with Gasteiger partial charge in [-0.05, 0) is 37.6 Å². The second kappa shape index (κ2) is 7.09. The van der Waals surface area contributed by atoms with Gasteiger partial charge < -0.3 is 10.6 Å². The zero-order valence-corrected chi connectivity index (χ0v) is 12.8. The molecule has 0 saturated carbocycles. The average Bonchev–Trinajstić information content (AvgIpc) is 2.48. The Morgan fingerprint density at radius 1 is 1.38 bits per heavy atom. The van der Waals surface area contributed by atoms with E-state index in [0.717, 1.165) is 17.8 Å². The molecule has 0 aliphatic heterocycles. The molecule has 0 fully saturated rings. The van der Waals surface area contributed by atoms with Crippen LogP contribution in [0.5, 0.6) is 0 Å². The van der Waals surface area contributed by atoms with Crippen molar-refractivity contribution in [2.45, 2.75) is 19.9 Å². The lowest BCUT2D eigenvalue weighted by Crippen LogP contribution is -2.27. The summed E-state index contributed by atoms with van der Waals surface area (Å²) >= 11 is 5.98. The smallest absolute Gasteiger partial charge is 0.253 e. The Labute approximate surface area is 129 Å². The van der Waals surface area contributed by atoms with Crippen LogP contribution in [0.25, 0.3) is 0 Å². The molecule has 1 aromatic heterocycles. The van der Waals surface area contributed by atoms with Crippen LogP contribution >= 0.6 is 11.6 Å². The van der Waals surface area contributed by atoms with Crippen LogP contribution in [0.1, 0.15) is 35.8 Å². The summed E-state index contributed by atoms with van der Waals surface area (Å²) in [6, 6.07) is 9.05. The number of halogens is 1. The third kappa shape index (κ3) is 3.95. The second-order valence-corrected chi connectivity index (χ2v) is 5.14. The van der Waals surface area contributed by atoms with Crippen LogP contribution < -0.4 is 10.6 Å². The molecule has 2 aromatic rings. The first-order chi connectivity index (χ1) is 10.1. The summed E-state index contributed by atoms with van der Waals surface area (Å²) in [5.41, 5.74) is 2.28. The molecule has 110 valence electrons. The molecule has 0 saturated heterocycles. The number of carbonyl (C=O) groups excluding carboxylic acids is 1. The molecule has 0 aliphatic rings. The largest absolute Gasteiger partial charge is 0.383 e. The van der Waals surface area contributed by atoms with Gasteiger partial charge in [0.25, 0.3) is 5.91 Å². The predicted molar refractivity (Wildman–Crippen MR) is 85.7 cm³/mol. The van der Waals surface area contributed by atoms with E-state index in [1.54, 1.807) is 18.5 Å². The van der Waals surface area contributed by atoms with Gasteiger partial charge in [-0.2, -0.15) is 0 Å². The first-order valence-corrected chi connectivity index (χ1v) is 7.23. The topological polar surface area (TPSA) is 54.0 Å². The summed E-state index contributed by atoms with van der Waals surface area (Å²) in [4.78, 5) is 16.4. The number of pyridine rings is 1. The molecule has 2 rings (SSSR count). The molecule has 1 heterocycles. The molecule has 0 radical (unpaired) electrons. The first kappa shape index (κ1) is 15.3. The minimum absolute atomic E-state index is 0.126. The van der Waals surface area contributed by atoms with E-state index in [0.29, 0.717) is 10.6 Å². The highest BCUT2D eigenvalue weighted by Gasteiger charge is 2.14. The molecule has 1 aromatic carbocycles. The van der Waals surface area contributed by atoms with Gasteiger partial charge >= 0.3 is 0 Å². The number of hydrogen-bond donors (Lipinski definition) is 2. The van der Waals surface area contributed by atoms with E-state index in [1.807, 2.05) is 38.1 Å². The number of benzene rings is 1. The Hall–Kier alpha value is -2.07. The molecule has 1 amide bonds. The minimum Gasteiger partial charge on any atom is -0.383 e. The molecule has 1 atom stereocenters. The molecular formula is C16H18ClN3O. The Morgan fingerprint density at radius 3 is 2.90 bits per heavy atom. The number of amides is 1. The van der Waals surface area contributed by atoms with Crippen LogP contribution in [0.2, 0.25) is 5.02 Å². The number of hydrogen-bond acceptors (Lipinski definition) is 3. The maximum absolute atomic E-state index is 12.4. The Morgan fingerprint density at radius 2 is 2.19 bits per heavy atom. The molecule has 0 bridgehead atoms. The number of carbonyl (C=O) groups is 1. The summed E-state index contributed by atoms with van der Waals surface area (Å²) in [6.07, 6.45) is 3.27. The summed E-state index contributed by atoms with van der Waals surface area (Å²) in [7, 11) is 0. The Kier molecular flexibility index (Phi) is 5.17. The van der Waals surface area contributed by atoms with Gasteiger partial charge in [-0.1, -0.05) is 23.7 Å². The molecule has 1 unspecified atom stereocenters. The van der Waals surface area contributed by atoms with Crippen molar-refractivity contribution in [2.75, 3.05) is 11.9 Å². The monoisotopic (exact) mass is 303 g/mol. The summed E-state index contributed by atoms with van der Waals surface area (Å²) in [5, 5.41) is 6.77. The fourth-order valence-electron chi connectivity index (χ4n) is 2.06. The number of nitrogens with one attached hydrogen (secondary N) is 2. The fraction of sp³-hybridized carbons (Fsp3) is 0.250. The fourth-order valence-corrected chi connectivity index (χ4v) is 2.26. The van der Waals surface area contributed by atoms with E-state index in [-0.39, 0.29) is 11.9 Å². The normalized spacial score (nSPS) is 11.8. The van der Waals surface area contributed by atoms with Crippen LogP contribution in [-0.2, 0) is 0 Å². The zero-order chi connectivity index (χ0) is 15.2. The maximum atomic E-state index is 12.4. The number of rotatable bonds is 5. The third-order valence-corrected chi connectivity index (χ3v) is 3.36. The molecule has 0 spiro atoms. The van der Waals surface area contributed by atoms with Crippen molar-refractivity contribution >= 4 is 23.2 Å². The van der Waals surface area contributed by atoms with Gasteiger partial charge in [0.05, 0.1) is 23.5 Å². The lowest BCUT2D eigenvalue weighted by atomic mass is 10.1. The number of anilines is 1. The van der Waals surface area contributed by atoms with Crippen LogP contribution in [0.15, 0.2) is 42.7 Å². The van der Waals surface area contributed by atoms with Crippen LogP contribution in [0, 0.1) is 0 Å². The SMILES string of the molecule is CCNc1cnccc1C(=O)NC(C)c1cccc(Cl)c1. The van der Waals surface area contributed by atoms with Gasteiger partial charge in [-0.25, -0.2) is 0 Å². The predicted octanol–water partition coefficient (Wildman–Crippen LogP) is 3.66. The minimum atomic E-state index is -0.138. The molecular weight excluding hydrogens is 286 g/mol. The highest BCUT2D eigenvalue weighted by molar-refractivity contribution is 6.30. The van der Waals surface area contributed by atoms with Gasteiger partial charge in [0.15, 0.2) is 0 Å². The van der Waals surface area contributed by atoms with Gasteiger partial charge in [0, 0.05) is 17.8 Å².